The van der Waals surface area contributed by atoms with Crippen LogP contribution in [0.25, 0.3) is 0 Å². The molecule has 0 unspecified atom stereocenters. The minimum Gasteiger partial charge on any atom is -0.476 e. The van der Waals surface area contributed by atoms with E-state index in [1.807, 2.05) is 12.1 Å². The van der Waals surface area contributed by atoms with E-state index in [1.54, 1.807) is 32.9 Å². The van der Waals surface area contributed by atoms with Gasteiger partial charge in [0.1, 0.15) is 17.9 Å². The number of anilines is 1. The molecule has 0 saturated heterocycles. The molecule has 0 bridgehead atoms. The van der Waals surface area contributed by atoms with Crippen LogP contribution in [0.5, 0.6) is 0 Å². The number of ether oxygens (including phenoxy) is 1. The number of carbonyl (C=O) groups excluding carboxylic acids is 1. The topological polar surface area (TPSA) is 129 Å². The molecule has 1 amide bonds. The number of rotatable bonds is 9. The number of amides is 1. The van der Waals surface area contributed by atoms with Gasteiger partial charge in [-0.15, -0.1) is 11.3 Å². The van der Waals surface area contributed by atoms with Crippen molar-refractivity contribution >= 4 is 47.2 Å². The number of nitrogens with one attached hydrogen (secondary N) is 1. The molecule has 0 radical (unpaired) electrons. The molecule has 0 spiro atoms. The number of hydrogen-bond donors (Lipinski definition) is 2. The van der Waals surface area contributed by atoms with Crippen LogP contribution in [-0.4, -0.2) is 48.1 Å². The molecular weight excluding hydrogens is 413 g/mol. The van der Waals surface area contributed by atoms with Gasteiger partial charge in [-0.05, 0) is 31.8 Å². The van der Waals surface area contributed by atoms with Crippen molar-refractivity contribution < 1.29 is 34.0 Å². The lowest BCUT2D eigenvalue weighted by Gasteiger charge is -2.18. The van der Waals surface area contributed by atoms with Crippen molar-refractivity contribution in [2.45, 2.75) is 33.0 Å². The number of nitrogens with zero attached hydrogens (tertiary/aromatic N) is 2. The van der Waals surface area contributed by atoms with Crippen LogP contribution < -0.4 is 10.8 Å². The number of oxime groups is 1. The van der Waals surface area contributed by atoms with Gasteiger partial charge in [0.25, 0.3) is 0 Å². The number of carboxylic acid groups (broad SMARTS) is 1. The molecule has 160 valence electrons. The maximum atomic E-state index is 11.8. The molecule has 2 rings (SSSR count). The number of carboxylic acids is 1. The Bertz CT molecular complexity index is 894. The monoisotopic (exact) mass is 435 g/mol. The number of benzene rings is 1. The van der Waals surface area contributed by atoms with Gasteiger partial charge in [-0.3, -0.25) is 10.2 Å². The Balaban J connectivity index is 1.98. The standard InChI is InChI=1S/C18H22BN3O7S/c1-18(2,3)28-17(25)21-16-20-13(10-30-16)14(15(23)24)22-27-9-11-5-7-12(8-6-11)19-29-26-4/h5-8,10,19H,9H2,1-4H3,(H,23,24)(H,20,21,25)/b22-14-. The normalized spacial score (nSPS) is 11.7. The Hall–Kier alpha value is -2.96. The third kappa shape index (κ3) is 7.81. The zero-order chi connectivity index (χ0) is 22.1. The molecule has 0 aliphatic carbocycles. The molecular formula is C18H22BN3O7S. The van der Waals surface area contributed by atoms with E-state index in [1.165, 1.54) is 12.5 Å². The first kappa shape index (κ1) is 23.3. The van der Waals surface area contributed by atoms with Crippen molar-refractivity contribution in [3.63, 3.8) is 0 Å². The number of thiazole rings is 1. The predicted molar refractivity (Wildman–Crippen MR) is 112 cm³/mol. The fourth-order valence-electron chi connectivity index (χ4n) is 2.06. The van der Waals surface area contributed by atoms with Crippen LogP contribution in [0.4, 0.5) is 9.93 Å². The molecule has 1 aromatic heterocycles. The zero-order valence-electron chi connectivity index (χ0n) is 17.0. The lowest BCUT2D eigenvalue weighted by molar-refractivity contribution is -0.177. The van der Waals surface area contributed by atoms with Gasteiger partial charge in [0.15, 0.2) is 5.13 Å². The summed E-state index contributed by atoms with van der Waals surface area (Å²) >= 11 is 1.04. The van der Waals surface area contributed by atoms with Crippen molar-refractivity contribution in [2.75, 3.05) is 12.4 Å². The Labute approximate surface area is 178 Å². The van der Waals surface area contributed by atoms with Gasteiger partial charge >= 0.3 is 19.5 Å². The van der Waals surface area contributed by atoms with Gasteiger partial charge in [0, 0.05) is 5.38 Å². The first-order valence-corrected chi connectivity index (χ1v) is 9.68. The summed E-state index contributed by atoms with van der Waals surface area (Å²) in [6, 6.07) is 7.26. The van der Waals surface area contributed by atoms with Crippen LogP contribution >= 0.6 is 11.3 Å². The summed E-state index contributed by atoms with van der Waals surface area (Å²) in [4.78, 5) is 41.9. The number of hydrogen-bond acceptors (Lipinski definition) is 9. The summed E-state index contributed by atoms with van der Waals surface area (Å²) in [5.41, 5.74) is 0.706. The third-order valence-electron chi connectivity index (χ3n) is 3.31. The van der Waals surface area contributed by atoms with E-state index < -0.39 is 17.7 Å². The van der Waals surface area contributed by atoms with Gasteiger partial charge in [-0.2, -0.15) is 0 Å². The molecule has 0 fully saturated rings. The number of aromatic nitrogens is 1. The number of aliphatic carboxylic acids is 1. The average Bonchev–Trinajstić information content (AvgIpc) is 3.10. The van der Waals surface area contributed by atoms with E-state index in [2.05, 4.69) is 20.3 Å². The fraction of sp³-hybridized carbons (Fsp3) is 0.333. The first-order valence-electron chi connectivity index (χ1n) is 8.80. The molecule has 1 heterocycles. The van der Waals surface area contributed by atoms with E-state index in [4.69, 9.17) is 14.4 Å². The van der Waals surface area contributed by atoms with Crippen LogP contribution in [0.1, 0.15) is 32.0 Å². The van der Waals surface area contributed by atoms with E-state index >= 15 is 0 Å². The maximum Gasteiger partial charge on any atom is 0.413 e. The molecule has 10 nitrogen and oxygen atoms in total. The fourth-order valence-corrected chi connectivity index (χ4v) is 2.74. The van der Waals surface area contributed by atoms with Crippen LogP contribution in [0.2, 0.25) is 0 Å². The van der Waals surface area contributed by atoms with E-state index in [-0.39, 0.29) is 23.1 Å². The molecule has 2 aromatic rings. The maximum absolute atomic E-state index is 11.8. The van der Waals surface area contributed by atoms with Gasteiger partial charge in [-0.1, -0.05) is 29.4 Å². The van der Waals surface area contributed by atoms with Crippen LogP contribution in [0.15, 0.2) is 34.8 Å². The largest absolute Gasteiger partial charge is 0.476 e. The van der Waals surface area contributed by atoms with E-state index in [9.17, 15) is 14.7 Å². The molecule has 0 aliphatic heterocycles. The van der Waals surface area contributed by atoms with Crippen LogP contribution in [-0.2, 0) is 30.7 Å². The highest BCUT2D eigenvalue weighted by Crippen LogP contribution is 2.18. The Morgan fingerprint density at radius 2 is 1.97 bits per heavy atom. The van der Waals surface area contributed by atoms with Crippen molar-refractivity contribution in [3.05, 3.63) is 40.9 Å². The lowest BCUT2D eigenvalue weighted by atomic mass is 9.88. The summed E-state index contributed by atoms with van der Waals surface area (Å²) in [7, 11) is 1.74. The minimum atomic E-state index is -1.31. The summed E-state index contributed by atoms with van der Waals surface area (Å²) in [6.07, 6.45) is -0.687. The molecule has 0 atom stereocenters. The molecule has 0 saturated carbocycles. The Kier molecular flexibility index (Phi) is 8.33. The third-order valence-corrected chi connectivity index (χ3v) is 4.07. The molecule has 0 aliphatic rings. The highest BCUT2D eigenvalue weighted by atomic mass is 32.1. The van der Waals surface area contributed by atoms with Crippen molar-refractivity contribution in [1.82, 2.24) is 4.98 Å². The zero-order valence-corrected chi connectivity index (χ0v) is 17.8. The van der Waals surface area contributed by atoms with E-state index in [0.717, 1.165) is 22.4 Å². The highest BCUT2D eigenvalue weighted by Gasteiger charge is 2.20. The second-order valence-corrected chi connectivity index (χ2v) is 7.79. The molecule has 12 heteroatoms. The van der Waals surface area contributed by atoms with Crippen LogP contribution in [0.3, 0.4) is 0 Å². The predicted octanol–water partition coefficient (Wildman–Crippen LogP) is 2.05. The van der Waals surface area contributed by atoms with Gasteiger partial charge in [-0.25, -0.2) is 14.6 Å². The summed E-state index contributed by atoms with van der Waals surface area (Å²) in [5, 5.41) is 17.2. The SMILES string of the molecule is COOBc1ccc(CO/N=C(\C(=O)O)c2csc(NC(=O)OC(C)(C)C)n2)cc1. The lowest BCUT2D eigenvalue weighted by Crippen LogP contribution is -2.27. The first-order chi connectivity index (χ1) is 14.2. The summed E-state index contributed by atoms with van der Waals surface area (Å²) in [5.74, 6) is -1.31. The second kappa shape index (κ2) is 10.7. The quantitative estimate of drug-likeness (QED) is 0.265. The highest BCUT2D eigenvalue weighted by molar-refractivity contribution is 7.14. The average molecular weight is 435 g/mol. The number of carbonyl (C=O) groups is 2. The Morgan fingerprint density at radius 1 is 1.27 bits per heavy atom. The summed E-state index contributed by atoms with van der Waals surface area (Å²) < 4.78 is 5.13. The van der Waals surface area contributed by atoms with Gasteiger partial charge in [0.2, 0.25) is 5.71 Å². The summed E-state index contributed by atoms with van der Waals surface area (Å²) in [6.45, 7) is 5.25. The smallest absolute Gasteiger partial charge is 0.413 e. The van der Waals surface area contributed by atoms with Crippen molar-refractivity contribution in [3.8, 4) is 0 Å². The molecule has 1 aromatic carbocycles. The van der Waals surface area contributed by atoms with Gasteiger partial charge < -0.3 is 19.5 Å². The van der Waals surface area contributed by atoms with Crippen molar-refractivity contribution in [2.24, 2.45) is 5.16 Å². The van der Waals surface area contributed by atoms with Crippen molar-refractivity contribution in [1.29, 1.82) is 0 Å². The van der Waals surface area contributed by atoms with Crippen LogP contribution in [0, 0.1) is 0 Å². The Morgan fingerprint density at radius 3 is 2.57 bits per heavy atom. The molecule has 2 N–H and O–H groups in total. The van der Waals surface area contributed by atoms with E-state index in [0.29, 0.717) is 7.48 Å². The molecule has 30 heavy (non-hydrogen) atoms. The minimum absolute atomic E-state index is 0.0608. The van der Waals surface area contributed by atoms with Gasteiger partial charge in [0.05, 0.1) is 7.11 Å². The second-order valence-electron chi connectivity index (χ2n) is 6.93.